The summed E-state index contributed by atoms with van der Waals surface area (Å²) in [5.74, 6) is -57.0. The van der Waals surface area contributed by atoms with Crippen LogP contribution in [0.5, 0.6) is 5.75 Å². The summed E-state index contributed by atoms with van der Waals surface area (Å²) in [6, 6.07) is 4.50. The minimum atomic E-state index is -8.68. The van der Waals surface area contributed by atoms with Crippen molar-refractivity contribution in [3.05, 3.63) is 53.1 Å². The van der Waals surface area contributed by atoms with Crippen LogP contribution in [0.1, 0.15) is 73.0 Å². The second-order valence-corrected chi connectivity index (χ2v) is 19.0. The summed E-state index contributed by atoms with van der Waals surface area (Å²) in [4.78, 5) is 11.6. The summed E-state index contributed by atoms with van der Waals surface area (Å²) >= 11 is 0. The third-order valence-electron chi connectivity index (χ3n) is 9.18. The van der Waals surface area contributed by atoms with E-state index in [1.54, 1.807) is 26.8 Å². The number of hydrogen-bond donors (Lipinski definition) is 1. The Morgan fingerprint density at radius 2 is 1.14 bits per heavy atom. The van der Waals surface area contributed by atoms with Crippen LogP contribution in [0.4, 0.5) is 74.6 Å². The van der Waals surface area contributed by atoms with E-state index in [9.17, 15) is 84.5 Å². The maximum absolute atomic E-state index is 14.9. The Morgan fingerprint density at radius 1 is 0.690 bits per heavy atom. The lowest BCUT2D eigenvalue weighted by Crippen LogP contribution is -2.74. The van der Waals surface area contributed by atoms with E-state index in [0.29, 0.717) is 16.7 Å². The van der Waals surface area contributed by atoms with Gasteiger partial charge in [-0.15, -0.1) is 0 Å². The smallest absolute Gasteiger partial charge is 0.460 e. The summed E-state index contributed by atoms with van der Waals surface area (Å²) in [6.07, 6.45) is -8.26. The Morgan fingerprint density at radius 3 is 1.57 bits per heavy atom. The number of alkyl halides is 17. The molecule has 0 bridgehead atoms. The number of carbonyl (C=O) groups is 1. The monoisotopic (exact) mass is 894 g/mol. The lowest BCUT2D eigenvalue weighted by molar-refractivity contribution is -0.461. The van der Waals surface area contributed by atoms with Crippen LogP contribution in [0, 0.1) is 0 Å². The van der Waals surface area contributed by atoms with Crippen molar-refractivity contribution < 1.29 is 98.4 Å². The van der Waals surface area contributed by atoms with Gasteiger partial charge in [-0.25, -0.2) is 4.79 Å². The minimum Gasteiger partial charge on any atom is -0.491 e. The summed E-state index contributed by atoms with van der Waals surface area (Å²) in [5.41, 5.74) is 0.0114. The first-order chi connectivity index (χ1) is 25.9. The molecule has 0 heterocycles. The highest BCUT2D eigenvalue weighted by molar-refractivity contribution is 6.76. The largest absolute Gasteiger partial charge is 0.491 e. The quantitative estimate of drug-likeness (QED) is 0.0314. The fourth-order valence-electron chi connectivity index (χ4n) is 5.81. The molecule has 0 aliphatic heterocycles. The number of rotatable bonds is 22. The number of allylic oxidation sites excluding steroid dienone is 2. The van der Waals surface area contributed by atoms with Gasteiger partial charge >= 0.3 is 53.6 Å². The second-order valence-electron chi connectivity index (χ2n) is 14.0. The Bertz CT molecular complexity index is 1570. The van der Waals surface area contributed by atoms with Crippen LogP contribution < -0.4 is 4.74 Å². The highest BCUT2D eigenvalue weighted by Gasteiger charge is 2.95. The summed E-state index contributed by atoms with van der Waals surface area (Å²) in [6.45, 7) is 9.66. The normalized spacial score (nSPS) is 15.6. The first-order valence-electron chi connectivity index (χ1n) is 17.2. The Labute approximate surface area is 323 Å². The highest BCUT2D eigenvalue weighted by atomic mass is 28.4. The van der Waals surface area contributed by atoms with Crippen molar-refractivity contribution in [2.45, 2.75) is 132 Å². The Kier molecular flexibility index (Phi) is 17.0. The molecular weight excluding hydrogens is 851 g/mol. The van der Waals surface area contributed by atoms with Crippen molar-refractivity contribution >= 4 is 14.3 Å². The van der Waals surface area contributed by atoms with E-state index in [0.717, 1.165) is 0 Å². The molecule has 23 heteroatoms. The lowest BCUT2D eigenvalue weighted by Gasteiger charge is -2.44. The predicted octanol–water partition coefficient (Wildman–Crippen LogP) is 12.1. The van der Waals surface area contributed by atoms with E-state index in [1.165, 1.54) is 58.0 Å². The van der Waals surface area contributed by atoms with Crippen molar-refractivity contribution in [1.82, 2.24) is 0 Å². The van der Waals surface area contributed by atoms with Gasteiger partial charge in [0.2, 0.25) is 0 Å². The van der Waals surface area contributed by atoms with Gasteiger partial charge in [0.25, 0.3) is 0 Å². The second kappa shape index (κ2) is 18.7. The van der Waals surface area contributed by atoms with Crippen LogP contribution in [0.15, 0.2) is 47.6 Å². The molecule has 0 radical (unpaired) electrons. The zero-order valence-electron chi connectivity index (χ0n) is 31.9. The van der Waals surface area contributed by atoms with E-state index >= 15 is 0 Å². The fourth-order valence-corrected chi connectivity index (χ4v) is 10.3. The van der Waals surface area contributed by atoms with Crippen molar-refractivity contribution in [1.29, 1.82) is 0 Å². The number of halogens is 17. The van der Waals surface area contributed by atoms with Gasteiger partial charge in [-0.1, -0.05) is 51.5 Å². The number of ether oxygens (including phenoxy) is 2. The maximum atomic E-state index is 14.9. The number of esters is 1. The van der Waals surface area contributed by atoms with E-state index in [-0.39, 0.29) is 25.4 Å². The van der Waals surface area contributed by atoms with E-state index in [4.69, 9.17) is 13.9 Å². The topological polar surface area (TPSA) is 65.0 Å². The molecule has 0 amide bonds. The SMILES string of the molecule is CCOC(=O)/C=C(C)/C=C(\C)C[C@H](O)c1ccc(OCCO[Si](CCC(F)(F)C(F)(F)C(F)(F)C(F)(F)C(F)(F)C(F)(F)C(F)(F)C(F)(F)F)(C(C)C)C(C)C)cc1. The molecule has 0 aliphatic rings. The fraction of sp³-hybridized carbons (Fsp3) is 0.686. The molecule has 0 aliphatic carbocycles. The van der Waals surface area contributed by atoms with E-state index in [1.807, 2.05) is 0 Å². The molecule has 1 atom stereocenters. The van der Waals surface area contributed by atoms with E-state index in [2.05, 4.69) is 0 Å². The van der Waals surface area contributed by atoms with Crippen LogP contribution in [-0.4, -0.2) is 86.8 Å². The van der Waals surface area contributed by atoms with Gasteiger partial charge in [0.05, 0.1) is 19.3 Å². The molecule has 0 aromatic heterocycles. The van der Waals surface area contributed by atoms with Gasteiger partial charge in [0.15, 0.2) is 8.32 Å². The summed E-state index contributed by atoms with van der Waals surface area (Å²) in [7, 11) is -3.95. The molecule has 1 aromatic rings. The van der Waals surface area contributed by atoms with Gasteiger partial charge < -0.3 is 19.0 Å². The maximum Gasteiger partial charge on any atom is 0.460 e. The Hall–Kier alpha value is -3.08. The molecule has 0 fully saturated rings. The third-order valence-corrected chi connectivity index (χ3v) is 14.9. The predicted molar refractivity (Wildman–Crippen MR) is 178 cm³/mol. The van der Waals surface area contributed by atoms with Crippen molar-refractivity contribution in [2.24, 2.45) is 0 Å². The molecule has 1 aromatic carbocycles. The van der Waals surface area contributed by atoms with Crippen LogP contribution in [0.2, 0.25) is 17.1 Å². The zero-order valence-corrected chi connectivity index (χ0v) is 32.9. The van der Waals surface area contributed by atoms with Crippen LogP contribution >= 0.6 is 0 Å². The molecule has 1 N–H and O–H groups in total. The van der Waals surface area contributed by atoms with Gasteiger partial charge in [0, 0.05) is 12.5 Å². The number of aliphatic hydroxyl groups excluding tert-OH is 1. The molecule has 0 unspecified atom stereocenters. The van der Waals surface area contributed by atoms with Crippen LogP contribution in [0.3, 0.4) is 0 Å². The molecule has 1 rings (SSSR count). The first-order valence-corrected chi connectivity index (χ1v) is 19.5. The number of carbonyl (C=O) groups excluding carboxylic acids is 1. The number of hydrogen-bond acceptors (Lipinski definition) is 5. The third kappa shape index (κ3) is 10.6. The van der Waals surface area contributed by atoms with Crippen molar-refractivity contribution in [3.63, 3.8) is 0 Å². The minimum absolute atomic E-state index is 0.160. The average molecular weight is 895 g/mol. The van der Waals surface area contributed by atoms with Gasteiger partial charge in [-0.2, -0.15) is 74.6 Å². The number of aliphatic hydroxyl groups is 1. The van der Waals surface area contributed by atoms with Gasteiger partial charge in [-0.3, -0.25) is 0 Å². The van der Waals surface area contributed by atoms with E-state index < -0.39 is 98.2 Å². The highest BCUT2D eigenvalue weighted by Crippen LogP contribution is 2.64. The molecule has 336 valence electrons. The zero-order chi connectivity index (χ0) is 45.7. The standard InChI is InChI=1S/C35H43F17O5Si/c1-8-55-27(54)19-23(7)17-22(6)18-26(53)24-9-11-25(12-10-24)56-14-15-57-58(20(2)3,21(4)5)16-13-28(36,37)29(38,39)30(40,41)31(42,43)32(44,45)33(46,47)34(48,49)35(50,51)52/h9-12,17,19-21,26,53H,8,13-16,18H2,1-7H3/b22-17+,23-19+/t26-/m0/s1. The van der Waals surface area contributed by atoms with Crippen LogP contribution in [-0.2, 0) is 14.0 Å². The summed E-state index contributed by atoms with van der Waals surface area (Å²) in [5, 5.41) is 10.6. The lowest BCUT2D eigenvalue weighted by atomic mass is 9.88. The Balaban J connectivity index is 3.18. The molecule has 58 heavy (non-hydrogen) atoms. The first kappa shape index (κ1) is 52.9. The van der Waals surface area contributed by atoms with Gasteiger partial charge in [0.1, 0.15) is 12.4 Å². The van der Waals surface area contributed by atoms with Crippen molar-refractivity contribution in [2.75, 3.05) is 19.8 Å². The molecule has 0 saturated heterocycles. The average Bonchev–Trinajstić information content (AvgIpc) is 3.06. The van der Waals surface area contributed by atoms with Crippen molar-refractivity contribution in [3.8, 4) is 5.75 Å². The van der Waals surface area contributed by atoms with Gasteiger partial charge in [-0.05, 0) is 67.6 Å². The molecular formula is C35H43F17O5Si. The summed E-state index contributed by atoms with van der Waals surface area (Å²) < 4.78 is 250. The number of benzene rings is 1. The molecule has 0 saturated carbocycles. The molecule has 5 nitrogen and oxygen atoms in total. The van der Waals surface area contributed by atoms with Crippen LogP contribution in [0.25, 0.3) is 0 Å². The molecule has 0 spiro atoms.